The van der Waals surface area contributed by atoms with Gasteiger partial charge in [0.15, 0.2) is 5.78 Å². The zero-order valence-electron chi connectivity index (χ0n) is 8.60. The topological polar surface area (TPSA) is 26.3 Å². The maximum Gasteiger partial charge on any atom is 0.167 e. The quantitative estimate of drug-likeness (QED) is 0.602. The molecule has 1 aliphatic rings. The lowest BCUT2D eigenvalue weighted by molar-refractivity contribution is -0.133. The molecule has 0 aromatic heterocycles. The number of hydrogen-bond acceptors (Lipinski definition) is 2. The lowest BCUT2D eigenvalue weighted by atomic mass is 9.70. The lowest BCUT2D eigenvalue weighted by Gasteiger charge is -2.32. The molecule has 1 rings (SSSR count). The number of carbonyl (C=O) groups excluding carboxylic acids is 1. The molecular weight excluding hydrogens is 152 g/mol. The minimum atomic E-state index is -0.242. The van der Waals surface area contributed by atoms with E-state index < -0.39 is 0 Å². The van der Waals surface area contributed by atoms with Crippen molar-refractivity contribution in [1.29, 1.82) is 0 Å². The number of hydrogen-bond donors (Lipinski definition) is 0. The van der Waals surface area contributed by atoms with Gasteiger partial charge in [0, 0.05) is 12.5 Å². The average molecular weight is 170 g/mol. The second-order valence-electron chi connectivity index (χ2n) is 4.80. The summed E-state index contributed by atoms with van der Waals surface area (Å²) in [7, 11) is 1.61. The highest BCUT2D eigenvalue weighted by atomic mass is 16.5. The summed E-state index contributed by atoms with van der Waals surface area (Å²) in [6, 6.07) is 0. The van der Waals surface area contributed by atoms with Gasteiger partial charge in [-0.15, -0.1) is 0 Å². The minimum Gasteiger partial charge on any atom is -0.374 e. The first-order chi connectivity index (χ1) is 5.33. The number of ketones is 1. The van der Waals surface area contributed by atoms with Gasteiger partial charge in [0.05, 0.1) is 0 Å². The van der Waals surface area contributed by atoms with E-state index in [4.69, 9.17) is 4.74 Å². The lowest BCUT2D eigenvalue weighted by Crippen LogP contribution is -2.33. The Morgan fingerprint density at radius 3 is 2.00 bits per heavy atom. The summed E-state index contributed by atoms with van der Waals surface area (Å²) < 4.78 is 5.15. The molecule has 0 radical (unpaired) electrons. The smallest absolute Gasteiger partial charge is 0.167 e. The van der Waals surface area contributed by atoms with Crippen molar-refractivity contribution in [2.45, 2.75) is 40.2 Å². The van der Waals surface area contributed by atoms with Crippen LogP contribution < -0.4 is 0 Å². The third-order valence-electron chi connectivity index (χ3n) is 3.58. The summed E-state index contributed by atoms with van der Waals surface area (Å²) >= 11 is 0. The molecule has 1 unspecified atom stereocenters. The summed E-state index contributed by atoms with van der Waals surface area (Å²) in [5.41, 5.74) is -0.182. The number of methoxy groups -OCH3 is 1. The Morgan fingerprint density at radius 1 is 1.33 bits per heavy atom. The molecule has 0 aromatic carbocycles. The van der Waals surface area contributed by atoms with E-state index in [9.17, 15) is 4.79 Å². The molecule has 0 amide bonds. The van der Waals surface area contributed by atoms with E-state index in [2.05, 4.69) is 13.8 Å². The van der Waals surface area contributed by atoms with Crippen LogP contribution in [-0.4, -0.2) is 19.0 Å². The fraction of sp³-hybridized carbons (Fsp3) is 0.900. The van der Waals surface area contributed by atoms with E-state index in [0.29, 0.717) is 0 Å². The number of rotatable bonds is 1. The molecule has 1 atom stereocenters. The van der Waals surface area contributed by atoms with Crippen LogP contribution in [0, 0.1) is 10.8 Å². The fourth-order valence-corrected chi connectivity index (χ4v) is 1.74. The van der Waals surface area contributed by atoms with Gasteiger partial charge in [-0.25, -0.2) is 0 Å². The van der Waals surface area contributed by atoms with E-state index in [1.54, 1.807) is 7.11 Å². The summed E-state index contributed by atoms with van der Waals surface area (Å²) in [6.07, 6.45) is 0.657. The fourth-order valence-electron chi connectivity index (χ4n) is 1.74. The minimum absolute atomic E-state index is 0.0603. The van der Waals surface area contributed by atoms with Gasteiger partial charge in [0.2, 0.25) is 0 Å². The summed E-state index contributed by atoms with van der Waals surface area (Å²) in [5, 5.41) is 0. The SMILES string of the molecule is COC1CC(C)(C)C(C)(C)C1=O. The number of Topliss-reactive ketones (excluding diaryl/α,β-unsaturated/α-hetero) is 1. The Morgan fingerprint density at radius 2 is 1.83 bits per heavy atom. The zero-order chi connectivity index (χ0) is 9.57. The van der Waals surface area contributed by atoms with E-state index in [-0.39, 0.29) is 22.7 Å². The van der Waals surface area contributed by atoms with Crippen molar-refractivity contribution >= 4 is 5.78 Å². The molecule has 0 heterocycles. The molecule has 1 fully saturated rings. The Kier molecular flexibility index (Phi) is 2.07. The molecule has 2 heteroatoms. The van der Waals surface area contributed by atoms with Crippen LogP contribution in [0.2, 0.25) is 0 Å². The van der Waals surface area contributed by atoms with Crippen molar-refractivity contribution in [3.05, 3.63) is 0 Å². The van der Waals surface area contributed by atoms with Gasteiger partial charge in [0.1, 0.15) is 6.10 Å². The molecule has 0 spiro atoms. The highest BCUT2D eigenvalue weighted by molar-refractivity contribution is 5.91. The van der Waals surface area contributed by atoms with Crippen molar-refractivity contribution in [2.75, 3.05) is 7.11 Å². The van der Waals surface area contributed by atoms with Crippen LogP contribution in [0.3, 0.4) is 0 Å². The van der Waals surface area contributed by atoms with Crippen LogP contribution in [0.25, 0.3) is 0 Å². The highest BCUT2D eigenvalue weighted by Crippen LogP contribution is 2.50. The van der Waals surface area contributed by atoms with Gasteiger partial charge in [-0.05, 0) is 11.8 Å². The molecule has 70 valence electrons. The number of carbonyl (C=O) groups is 1. The molecule has 0 aromatic rings. The molecule has 12 heavy (non-hydrogen) atoms. The monoisotopic (exact) mass is 170 g/mol. The highest BCUT2D eigenvalue weighted by Gasteiger charge is 2.53. The van der Waals surface area contributed by atoms with Crippen molar-refractivity contribution in [2.24, 2.45) is 10.8 Å². The molecule has 2 nitrogen and oxygen atoms in total. The molecule has 0 N–H and O–H groups in total. The van der Waals surface area contributed by atoms with Crippen molar-refractivity contribution in [1.82, 2.24) is 0 Å². The van der Waals surface area contributed by atoms with Gasteiger partial charge in [-0.2, -0.15) is 0 Å². The van der Waals surface area contributed by atoms with E-state index in [1.165, 1.54) is 0 Å². The van der Waals surface area contributed by atoms with Gasteiger partial charge in [-0.3, -0.25) is 4.79 Å². The molecule has 0 bridgehead atoms. The summed E-state index contributed by atoms with van der Waals surface area (Å²) in [6.45, 7) is 8.27. The van der Waals surface area contributed by atoms with Crippen molar-refractivity contribution in [3.8, 4) is 0 Å². The van der Waals surface area contributed by atoms with Crippen LogP contribution in [0.15, 0.2) is 0 Å². The van der Waals surface area contributed by atoms with Gasteiger partial charge < -0.3 is 4.74 Å². The Labute approximate surface area is 74.3 Å². The Hall–Kier alpha value is -0.370. The molecule has 1 saturated carbocycles. The van der Waals surface area contributed by atoms with Crippen LogP contribution >= 0.6 is 0 Å². The van der Waals surface area contributed by atoms with Crippen LogP contribution in [0.5, 0.6) is 0 Å². The van der Waals surface area contributed by atoms with Crippen LogP contribution in [0.1, 0.15) is 34.1 Å². The maximum absolute atomic E-state index is 11.7. The predicted octanol–water partition coefficient (Wildman–Crippen LogP) is 2.03. The Bertz CT molecular complexity index is 204. The van der Waals surface area contributed by atoms with Gasteiger partial charge >= 0.3 is 0 Å². The van der Waals surface area contributed by atoms with Crippen molar-refractivity contribution < 1.29 is 9.53 Å². The van der Waals surface area contributed by atoms with Gasteiger partial charge in [-0.1, -0.05) is 27.7 Å². The summed E-state index contributed by atoms with van der Waals surface area (Å²) in [5.74, 6) is 0.245. The number of ether oxygens (including phenoxy) is 1. The van der Waals surface area contributed by atoms with Crippen LogP contribution in [-0.2, 0) is 9.53 Å². The third-order valence-corrected chi connectivity index (χ3v) is 3.58. The summed E-state index contributed by atoms with van der Waals surface area (Å²) in [4.78, 5) is 11.7. The normalized spacial score (nSPS) is 32.4. The van der Waals surface area contributed by atoms with Crippen LogP contribution in [0.4, 0.5) is 0 Å². The van der Waals surface area contributed by atoms with E-state index >= 15 is 0 Å². The second-order valence-corrected chi connectivity index (χ2v) is 4.80. The first kappa shape index (κ1) is 9.72. The third kappa shape index (κ3) is 1.09. The Balaban J connectivity index is 2.96. The molecule has 1 aliphatic carbocycles. The van der Waals surface area contributed by atoms with Crippen molar-refractivity contribution in [3.63, 3.8) is 0 Å². The zero-order valence-corrected chi connectivity index (χ0v) is 8.60. The molecule has 0 saturated heterocycles. The van der Waals surface area contributed by atoms with Gasteiger partial charge in [0.25, 0.3) is 0 Å². The van der Waals surface area contributed by atoms with E-state index in [1.807, 2.05) is 13.8 Å². The maximum atomic E-state index is 11.7. The predicted molar refractivity (Wildman–Crippen MR) is 48.0 cm³/mol. The first-order valence-electron chi connectivity index (χ1n) is 4.40. The first-order valence-corrected chi connectivity index (χ1v) is 4.40. The molecule has 0 aliphatic heterocycles. The molecular formula is C10H18O2. The average Bonchev–Trinajstić information content (AvgIpc) is 2.11. The van der Waals surface area contributed by atoms with E-state index in [0.717, 1.165) is 6.42 Å². The largest absolute Gasteiger partial charge is 0.374 e. The second kappa shape index (κ2) is 2.56. The standard InChI is InChI=1S/C10H18O2/c1-9(2)6-7(12-5)8(11)10(9,3)4/h7H,6H2,1-5H3.